The molecule has 0 saturated carbocycles. The maximum absolute atomic E-state index is 12.5. The summed E-state index contributed by atoms with van der Waals surface area (Å²) in [5, 5.41) is 24.1. The molecule has 154 valence electrons. The van der Waals surface area contributed by atoms with Gasteiger partial charge >= 0.3 is 6.03 Å². The zero-order valence-electron chi connectivity index (χ0n) is 16.6. The van der Waals surface area contributed by atoms with Crippen LogP contribution in [0.15, 0.2) is 54.6 Å². The van der Waals surface area contributed by atoms with Crippen LogP contribution in [0.1, 0.15) is 23.1 Å². The van der Waals surface area contributed by atoms with Crippen LogP contribution in [0.3, 0.4) is 0 Å². The molecular formula is C23H29N3O3. The summed E-state index contributed by atoms with van der Waals surface area (Å²) < 4.78 is 0. The predicted molar refractivity (Wildman–Crippen MR) is 111 cm³/mol. The molecule has 0 aromatic heterocycles. The van der Waals surface area contributed by atoms with E-state index in [1.165, 1.54) is 11.1 Å². The Morgan fingerprint density at radius 2 is 1.79 bits per heavy atom. The smallest absolute Gasteiger partial charge is 0.317 e. The average molecular weight is 396 g/mol. The number of amides is 2. The van der Waals surface area contributed by atoms with Crippen LogP contribution in [-0.2, 0) is 18.6 Å². The van der Waals surface area contributed by atoms with E-state index in [0.29, 0.717) is 19.5 Å². The molecule has 4 rings (SSSR count). The zero-order chi connectivity index (χ0) is 20.3. The Kier molecular flexibility index (Phi) is 5.85. The molecule has 1 saturated heterocycles. The number of urea groups is 1. The molecule has 2 heterocycles. The van der Waals surface area contributed by atoms with E-state index in [2.05, 4.69) is 28.4 Å². The van der Waals surface area contributed by atoms with Crippen LogP contribution in [0.2, 0.25) is 0 Å². The van der Waals surface area contributed by atoms with Gasteiger partial charge in [-0.15, -0.1) is 0 Å². The SMILES string of the molecule is O=C(NC[C@H](O)CN1CCc2ccccc2C1)N1CCC(O)(c2ccccc2)C1. The summed E-state index contributed by atoms with van der Waals surface area (Å²) in [5.41, 5.74) is 2.53. The number of nitrogens with zero attached hydrogens (tertiary/aromatic N) is 2. The zero-order valence-corrected chi connectivity index (χ0v) is 16.6. The van der Waals surface area contributed by atoms with Gasteiger partial charge in [0.2, 0.25) is 0 Å². The Bertz CT molecular complexity index is 844. The number of carbonyl (C=O) groups is 1. The Balaban J connectivity index is 1.24. The first-order valence-corrected chi connectivity index (χ1v) is 10.3. The molecule has 2 amide bonds. The van der Waals surface area contributed by atoms with Gasteiger partial charge < -0.3 is 20.4 Å². The Hall–Kier alpha value is -2.41. The number of benzene rings is 2. The molecule has 1 fully saturated rings. The maximum atomic E-state index is 12.5. The minimum absolute atomic E-state index is 0.206. The molecule has 0 aliphatic carbocycles. The van der Waals surface area contributed by atoms with E-state index < -0.39 is 11.7 Å². The normalized spacial score (nSPS) is 22.9. The summed E-state index contributed by atoms with van der Waals surface area (Å²) in [6.45, 7) is 3.24. The van der Waals surface area contributed by atoms with Crippen LogP contribution in [0.4, 0.5) is 4.79 Å². The van der Waals surface area contributed by atoms with Gasteiger partial charge in [0, 0.05) is 32.7 Å². The number of hydrogen-bond acceptors (Lipinski definition) is 4. The summed E-state index contributed by atoms with van der Waals surface area (Å²) >= 11 is 0. The largest absolute Gasteiger partial charge is 0.390 e. The molecule has 6 nitrogen and oxygen atoms in total. The average Bonchev–Trinajstić information content (AvgIpc) is 3.16. The standard InChI is InChI=1S/C23H29N3O3/c27-21(16-25-12-10-18-6-4-5-7-19(18)15-25)14-24-22(28)26-13-11-23(29,17-26)20-8-2-1-3-9-20/h1-9,21,27,29H,10-17H2,(H,24,28)/t21-,23?/m0/s1. The number of likely N-dealkylation sites (tertiary alicyclic amines) is 1. The summed E-state index contributed by atoms with van der Waals surface area (Å²) in [5.74, 6) is 0. The van der Waals surface area contributed by atoms with Crippen molar-refractivity contribution in [3.05, 3.63) is 71.3 Å². The van der Waals surface area contributed by atoms with E-state index in [1.54, 1.807) is 4.90 Å². The lowest BCUT2D eigenvalue weighted by Crippen LogP contribution is -2.46. The molecule has 2 aliphatic heterocycles. The van der Waals surface area contributed by atoms with Crippen LogP contribution in [0.5, 0.6) is 0 Å². The van der Waals surface area contributed by atoms with Crippen molar-refractivity contribution >= 4 is 6.03 Å². The van der Waals surface area contributed by atoms with Gasteiger partial charge in [-0.25, -0.2) is 4.79 Å². The van der Waals surface area contributed by atoms with Crippen LogP contribution in [0, 0.1) is 0 Å². The molecule has 29 heavy (non-hydrogen) atoms. The monoisotopic (exact) mass is 395 g/mol. The molecule has 0 bridgehead atoms. The lowest BCUT2D eigenvalue weighted by Gasteiger charge is -2.30. The van der Waals surface area contributed by atoms with E-state index in [4.69, 9.17) is 0 Å². The molecule has 0 radical (unpaired) electrons. The topological polar surface area (TPSA) is 76.0 Å². The second-order valence-corrected chi connectivity index (χ2v) is 8.16. The molecule has 3 N–H and O–H groups in total. The number of hydrogen-bond donors (Lipinski definition) is 3. The molecule has 2 aromatic rings. The molecular weight excluding hydrogens is 366 g/mol. The first-order valence-electron chi connectivity index (χ1n) is 10.3. The van der Waals surface area contributed by atoms with Crippen LogP contribution in [0.25, 0.3) is 0 Å². The number of carbonyl (C=O) groups excluding carboxylic acids is 1. The number of aliphatic hydroxyl groups is 2. The fourth-order valence-corrected chi connectivity index (χ4v) is 4.34. The number of β-amino-alcohol motifs (C(OH)–C–C–N with tert-alkyl or cyclic N) is 2. The summed E-state index contributed by atoms with van der Waals surface area (Å²) in [7, 11) is 0. The molecule has 0 spiro atoms. The van der Waals surface area contributed by atoms with E-state index in [9.17, 15) is 15.0 Å². The third-order valence-electron chi connectivity index (χ3n) is 6.01. The summed E-state index contributed by atoms with van der Waals surface area (Å²) in [4.78, 5) is 16.4. The van der Waals surface area contributed by atoms with E-state index >= 15 is 0 Å². The first-order chi connectivity index (χ1) is 14.0. The number of nitrogens with one attached hydrogen (secondary N) is 1. The van der Waals surface area contributed by atoms with Crippen LogP contribution in [-0.4, -0.2) is 64.9 Å². The number of aliphatic hydroxyl groups excluding tert-OH is 1. The van der Waals surface area contributed by atoms with Crippen molar-refractivity contribution in [3.8, 4) is 0 Å². The lowest BCUT2D eigenvalue weighted by molar-refractivity contribution is 0.0490. The highest BCUT2D eigenvalue weighted by Crippen LogP contribution is 2.31. The van der Waals surface area contributed by atoms with Crippen molar-refractivity contribution in [2.75, 3.05) is 32.7 Å². The number of rotatable bonds is 5. The minimum Gasteiger partial charge on any atom is -0.390 e. The van der Waals surface area contributed by atoms with Gasteiger partial charge in [-0.05, 0) is 29.5 Å². The molecule has 6 heteroatoms. The van der Waals surface area contributed by atoms with Crippen molar-refractivity contribution in [3.63, 3.8) is 0 Å². The van der Waals surface area contributed by atoms with Crippen LogP contribution < -0.4 is 5.32 Å². The Morgan fingerprint density at radius 3 is 2.59 bits per heavy atom. The first kappa shape index (κ1) is 19.9. The second kappa shape index (κ2) is 8.53. The van der Waals surface area contributed by atoms with Crippen molar-refractivity contribution in [1.29, 1.82) is 0 Å². The minimum atomic E-state index is -1.00. The fraction of sp³-hybridized carbons (Fsp3) is 0.435. The summed E-state index contributed by atoms with van der Waals surface area (Å²) in [6, 6.07) is 17.7. The van der Waals surface area contributed by atoms with Crippen LogP contribution >= 0.6 is 0 Å². The van der Waals surface area contributed by atoms with Gasteiger partial charge in [0.1, 0.15) is 5.60 Å². The molecule has 2 aliphatic rings. The number of fused-ring (bicyclic) bond motifs is 1. The van der Waals surface area contributed by atoms with Crippen molar-refractivity contribution in [2.45, 2.75) is 31.1 Å². The Labute approximate surface area is 171 Å². The van der Waals surface area contributed by atoms with E-state index in [0.717, 1.165) is 25.1 Å². The Morgan fingerprint density at radius 1 is 1.07 bits per heavy atom. The van der Waals surface area contributed by atoms with E-state index in [1.807, 2.05) is 36.4 Å². The van der Waals surface area contributed by atoms with E-state index in [-0.39, 0.29) is 19.1 Å². The van der Waals surface area contributed by atoms with Crippen molar-refractivity contribution < 1.29 is 15.0 Å². The summed E-state index contributed by atoms with van der Waals surface area (Å²) in [6.07, 6.45) is 0.876. The van der Waals surface area contributed by atoms with Gasteiger partial charge in [0.25, 0.3) is 0 Å². The predicted octanol–water partition coefficient (Wildman–Crippen LogP) is 1.71. The highest BCUT2D eigenvalue weighted by atomic mass is 16.3. The maximum Gasteiger partial charge on any atom is 0.317 e. The second-order valence-electron chi connectivity index (χ2n) is 8.16. The molecule has 2 aromatic carbocycles. The molecule has 1 unspecified atom stereocenters. The van der Waals surface area contributed by atoms with Crippen molar-refractivity contribution in [1.82, 2.24) is 15.1 Å². The van der Waals surface area contributed by atoms with Crippen molar-refractivity contribution in [2.24, 2.45) is 0 Å². The van der Waals surface area contributed by atoms with Gasteiger partial charge in [-0.1, -0.05) is 54.6 Å². The quantitative estimate of drug-likeness (QED) is 0.721. The lowest BCUT2D eigenvalue weighted by atomic mass is 9.93. The highest BCUT2D eigenvalue weighted by molar-refractivity contribution is 5.74. The van der Waals surface area contributed by atoms with Gasteiger partial charge in [0.05, 0.1) is 12.6 Å². The van der Waals surface area contributed by atoms with Gasteiger partial charge in [-0.2, -0.15) is 0 Å². The highest BCUT2D eigenvalue weighted by Gasteiger charge is 2.39. The van der Waals surface area contributed by atoms with Gasteiger partial charge in [-0.3, -0.25) is 4.90 Å². The third kappa shape index (κ3) is 4.61. The van der Waals surface area contributed by atoms with Gasteiger partial charge in [0.15, 0.2) is 0 Å². The fourth-order valence-electron chi connectivity index (χ4n) is 4.34. The molecule has 2 atom stereocenters. The third-order valence-corrected chi connectivity index (χ3v) is 6.01.